The molecule has 0 atom stereocenters. The summed E-state index contributed by atoms with van der Waals surface area (Å²) in [5.74, 6) is -0.0889. The Balaban J connectivity index is 2.03. The summed E-state index contributed by atoms with van der Waals surface area (Å²) in [5, 5.41) is 0.904. The van der Waals surface area contributed by atoms with Crippen LogP contribution in [0.5, 0.6) is 0 Å². The molecule has 130 valence electrons. The lowest BCUT2D eigenvalue weighted by atomic mass is 10.1. The fourth-order valence-corrected chi connectivity index (χ4v) is 3.87. The van der Waals surface area contributed by atoms with Gasteiger partial charge in [0.2, 0.25) is 0 Å². The Bertz CT molecular complexity index is 856. The fraction of sp³-hybridized carbons (Fsp3) is 0.263. The third kappa shape index (κ3) is 4.07. The smallest absolute Gasteiger partial charge is 0.127 e. The quantitative estimate of drug-likeness (QED) is 0.628. The number of aromatic nitrogens is 3. The molecule has 6 heteroatoms. The summed E-state index contributed by atoms with van der Waals surface area (Å²) in [6.45, 7) is 6.68. The normalized spacial score (nSPS) is 11.3. The van der Waals surface area contributed by atoms with Gasteiger partial charge < -0.3 is 4.57 Å². The van der Waals surface area contributed by atoms with E-state index in [9.17, 15) is 8.78 Å². The molecule has 0 aliphatic rings. The fourth-order valence-electron chi connectivity index (χ4n) is 2.61. The summed E-state index contributed by atoms with van der Waals surface area (Å²) in [7, 11) is 0. The van der Waals surface area contributed by atoms with Gasteiger partial charge in [0.25, 0.3) is 0 Å². The number of rotatable bonds is 5. The SMILES string of the molecule is Cc1nc(C(C)C)c(Sc2cc(F)cc(F)c2)n1Cc1cccnc1. The lowest BCUT2D eigenvalue weighted by molar-refractivity contribution is 0.577. The Hall–Kier alpha value is -2.21. The monoisotopic (exact) mass is 359 g/mol. The van der Waals surface area contributed by atoms with Gasteiger partial charge in [-0.2, -0.15) is 0 Å². The molecule has 0 amide bonds. The van der Waals surface area contributed by atoms with Crippen LogP contribution < -0.4 is 0 Å². The maximum absolute atomic E-state index is 13.6. The summed E-state index contributed by atoms with van der Waals surface area (Å²) in [5.41, 5.74) is 1.97. The van der Waals surface area contributed by atoms with Crippen molar-refractivity contribution in [1.82, 2.24) is 14.5 Å². The Labute approximate surface area is 150 Å². The number of benzene rings is 1. The van der Waals surface area contributed by atoms with Gasteiger partial charge in [0, 0.05) is 23.4 Å². The summed E-state index contributed by atoms with van der Waals surface area (Å²) in [6.07, 6.45) is 3.54. The minimum atomic E-state index is -0.580. The highest BCUT2D eigenvalue weighted by atomic mass is 32.2. The highest BCUT2D eigenvalue weighted by Crippen LogP contribution is 2.35. The molecule has 3 rings (SSSR count). The van der Waals surface area contributed by atoms with Crippen molar-refractivity contribution in [2.45, 2.75) is 43.2 Å². The van der Waals surface area contributed by atoms with Gasteiger partial charge in [-0.1, -0.05) is 31.7 Å². The third-order valence-electron chi connectivity index (χ3n) is 3.80. The van der Waals surface area contributed by atoms with E-state index >= 15 is 0 Å². The van der Waals surface area contributed by atoms with Gasteiger partial charge in [-0.3, -0.25) is 4.98 Å². The molecule has 0 aliphatic heterocycles. The Morgan fingerprint density at radius 3 is 2.48 bits per heavy atom. The topological polar surface area (TPSA) is 30.7 Å². The van der Waals surface area contributed by atoms with Crippen molar-refractivity contribution in [2.75, 3.05) is 0 Å². The largest absolute Gasteiger partial charge is 0.318 e. The Morgan fingerprint density at radius 2 is 1.88 bits per heavy atom. The molecule has 0 aliphatic carbocycles. The van der Waals surface area contributed by atoms with E-state index in [-0.39, 0.29) is 5.92 Å². The molecule has 0 N–H and O–H groups in total. The maximum Gasteiger partial charge on any atom is 0.127 e. The second kappa shape index (κ2) is 7.35. The number of aryl methyl sites for hydroxylation is 1. The van der Waals surface area contributed by atoms with Crippen LogP contribution in [0.15, 0.2) is 52.6 Å². The number of pyridine rings is 1. The molecule has 0 bridgehead atoms. The molecule has 2 aromatic heterocycles. The molecule has 0 unspecified atom stereocenters. The van der Waals surface area contributed by atoms with Crippen LogP contribution >= 0.6 is 11.8 Å². The summed E-state index contributed by atoms with van der Waals surface area (Å²) in [6, 6.07) is 7.45. The minimum absolute atomic E-state index is 0.203. The van der Waals surface area contributed by atoms with Crippen LogP contribution in [-0.2, 0) is 6.54 Å². The third-order valence-corrected chi connectivity index (χ3v) is 4.89. The number of halogens is 2. The lowest BCUT2D eigenvalue weighted by Gasteiger charge is -2.12. The van der Waals surface area contributed by atoms with E-state index in [1.807, 2.05) is 25.3 Å². The first-order valence-corrected chi connectivity index (χ1v) is 8.85. The summed E-state index contributed by atoms with van der Waals surface area (Å²) < 4.78 is 29.2. The van der Waals surface area contributed by atoms with Gasteiger partial charge in [-0.25, -0.2) is 13.8 Å². The first kappa shape index (κ1) is 17.6. The standard InChI is InChI=1S/C19H19F2N3S/c1-12(2)18-19(25-17-8-15(20)7-16(21)9-17)24(13(3)23-18)11-14-5-4-6-22-10-14/h4-10,12H,11H2,1-3H3. The highest BCUT2D eigenvalue weighted by molar-refractivity contribution is 7.99. The van der Waals surface area contributed by atoms with Crippen molar-refractivity contribution >= 4 is 11.8 Å². The molecule has 3 nitrogen and oxygen atoms in total. The van der Waals surface area contributed by atoms with E-state index < -0.39 is 11.6 Å². The van der Waals surface area contributed by atoms with Gasteiger partial charge in [0.15, 0.2) is 0 Å². The zero-order chi connectivity index (χ0) is 18.0. The molecule has 2 heterocycles. The molecule has 0 radical (unpaired) electrons. The van der Waals surface area contributed by atoms with Crippen LogP contribution in [0.25, 0.3) is 0 Å². The van der Waals surface area contributed by atoms with Crippen LogP contribution in [0.2, 0.25) is 0 Å². The number of hydrogen-bond acceptors (Lipinski definition) is 3. The van der Waals surface area contributed by atoms with Crippen LogP contribution in [0.1, 0.15) is 36.8 Å². The van der Waals surface area contributed by atoms with Crippen molar-refractivity contribution in [2.24, 2.45) is 0 Å². The zero-order valence-electron chi connectivity index (χ0n) is 14.3. The van der Waals surface area contributed by atoms with E-state index in [0.29, 0.717) is 11.4 Å². The number of nitrogens with zero attached hydrogens (tertiary/aromatic N) is 3. The average molecular weight is 359 g/mol. The van der Waals surface area contributed by atoms with Gasteiger partial charge in [-0.05, 0) is 36.6 Å². The van der Waals surface area contributed by atoms with Crippen molar-refractivity contribution in [1.29, 1.82) is 0 Å². The summed E-state index contributed by atoms with van der Waals surface area (Å²) in [4.78, 5) is 9.35. The summed E-state index contributed by atoms with van der Waals surface area (Å²) >= 11 is 1.34. The first-order chi connectivity index (χ1) is 11.9. The van der Waals surface area contributed by atoms with E-state index in [2.05, 4.69) is 28.4 Å². The maximum atomic E-state index is 13.6. The molecule has 1 aromatic carbocycles. The Kier molecular flexibility index (Phi) is 5.18. The second-order valence-electron chi connectivity index (χ2n) is 6.16. The van der Waals surface area contributed by atoms with E-state index in [4.69, 9.17) is 0 Å². The average Bonchev–Trinajstić information content (AvgIpc) is 2.84. The van der Waals surface area contributed by atoms with Gasteiger partial charge in [0.05, 0.1) is 12.2 Å². The first-order valence-electron chi connectivity index (χ1n) is 8.04. The van der Waals surface area contributed by atoms with Gasteiger partial charge in [0.1, 0.15) is 22.5 Å². The van der Waals surface area contributed by atoms with Gasteiger partial charge >= 0.3 is 0 Å². The van der Waals surface area contributed by atoms with E-state index in [1.54, 1.807) is 6.20 Å². The lowest BCUT2D eigenvalue weighted by Crippen LogP contribution is -2.04. The molecule has 0 saturated heterocycles. The molecule has 0 fully saturated rings. The molecule has 0 spiro atoms. The van der Waals surface area contributed by atoms with E-state index in [0.717, 1.165) is 28.2 Å². The predicted molar refractivity (Wildman–Crippen MR) is 94.9 cm³/mol. The minimum Gasteiger partial charge on any atom is -0.318 e. The van der Waals surface area contributed by atoms with Crippen LogP contribution in [0.3, 0.4) is 0 Å². The Morgan fingerprint density at radius 1 is 1.16 bits per heavy atom. The van der Waals surface area contributed by atoms with Crippen LogP contribution in [0, 0.1) is 18.6 Å². The molecule has 25 heavy (non-hydrogen) atoms. The second-order valence-corrected chi connectivity index (χ2v) is 7.22. The number of imidazole rings is 1. The highest BCUT2D eigenvalue weighted by Gasteiger charge is 2.19. The molecule has 3 aromatic rings. The number of hydrogen-bond donors (Lipinski definition) is 0. The molecule has 0 saturated carbocycles. The van der Waals surface area contributed by atoms with Crippen LogP contribution in [0.4, 0.5) is 8.78 Å². The zero-order valence-corrected chi connectivity index (χ0v) is 15.1. The van der Waals surface area contributed by atoms with Crippen molar-refractivity contribution in [3.05, 3.63) is 71.4 Å². The van der Waals surface area contributed by atoms with Gasteiger partial charge in [-0.15, -0.1) is 0 Å². The van der Waals surface area contributed by atoms with Crippen molar-refractivity contribution in [3.63, 3.8) is 0 Å². The predicted octanol–water partition coefficient (Wildman–Crippen LogP) is 5.19. The molecular weight excluding hydrogens is 340 g/mol. The molecular formula is C19H19F2N3S. The van der Waals surface area contributed by atoms with Crippen molar-refractivity contribution < 1.29 is 8.78 Å². The van der Waals surface area contributed by atoms with Crippen molar-refractivity contribution in [3.8, 4) is 0 Å². The van der Waals surface area contributed by atoms with Crippen LogP contribution in [-0.4, -0.2) is 14.5 Å². The van der Waals surface area contributed by atoms with E-state index in [1.165, 1.54) is 23.9 Å².